The topological polar surface area (TPSA) is 66.3 Å². The number of pyridine rings is 1. The quantitative estimate of drug-likeness (QED) is 0.923. The molecule has 1 fully saturated rings. The third-order valence-corrected chi connectivity index (χ3v) is 4.98. The third kappa shape index (κ3) is 3.05. The van der Waals surface area contributed by atoms with Gasteiger partial charge in [-0.15, -0.1) is 11.3 Å². The van der Waals surface area contributed by atoms with Crippen LogP contribution in [0.5, 0.6) is 0 Å². The molecule has 0 aliphatic carbocycles. The summed E-state index contributed by atoms with van der Waals surface area (Å²) in [5.41, 5.74) is 2.09. The number of aromatic nitrogens is 2. The lowest BCUT2D eigenvalue weighted by Gasteiger charge is -2.28. The number of carboxylic acid groups (broad SMARTS) is 1. The van der Waals surface area contributed by atoms with E-state index in [0.717, 1.165) is 34.0 Å². The highest BCUT2D eigenvalue weighted by Gasteiger charge is 2.25. The van der Waals surface area contributed by atoms with Crippen LogP contribution in [0.25, 0.3) is 10.6 Å². The Morgan fingerprint density at radius 1 is 1.29 bits per heavy atom. The summed E-state index contributed by atoms with van der Waals surface area (Å²) in [6.45, 7) is 3.21. The number of nitrogens with zero attached hydrogens (tertiary/aromatic N) is 3. The predicted octanol–water partition coefficient (Wildman–Crippen LogP) is 3.37. The fraction of sp³-hybridized carbons (Fsp3) is 0.400. The van der Waals surface area contributed by atoms with E-state index < -0.39 is 6.09 Å². The van der Waals surface area contributed by atoms with E-state index in [2.05, 4.69) is 9.97 Å². The van der Waals surface area contributed by atoms with Crippen LogP contribution < -0.4 is 0 Å². The molecular formula is C15H17N3O2S. The normalized spacial score (nSPS) is 16.1. The summed E-state index contributed by atoms with van der Waals surface area (Å²) < 4.78 is 0. The summed E-state index contributed by atoms with van der Waals surface area (Å²) in [5, 5.41) is 10.1. The summed E-state index contributed by atoms with van der Waals surface area (Å²) in [5.74, 6) is 0.366. The van der Waals surface area contributed by atoms with Crippen LogP contribution in [0.15, 0.2) is 24.5 Å². The number of carbonyl (C=O) groups is 1. The average molecular weight is 303 g/mol. The van der Waals surface area contributed by atoms with E-state index in [1.54, 1.807) is 11.3 Å². The number of aryl methyl sites for hydroxylation is 1. The number of thiazole rings is 1. The van der Waals surface area contributed by atoms with Gasteiger partial charge in [0.25, 0.3) is 0 Å². The number of likely N-dealkylation sites (tertiary alicyclic amines) is 1. The van der Waals surface area contributed by atoms with Crippen LogP contribution in [0.1, 0.15) is 29.3 Å². The molecular weight excluding hydrogens is 286 g/mol. The van der Waals surface area contributed by atoms with Crippen molar-refractivity contribution in [2.24, 2.45) is 0 Å². The molecule has 0 bridgehead atoms. The Morgan fingerprint density at radius 3 is 2.67 bits per heavy atom. The second-order valence-corrected chi connectivity index (χ2v) is 6.39. The van der Waals surface area contributed by atoms with E-state index in [1.165, 1.54) is 4.90 Å². The van der Waals surface area contributed by atoms with Gasteiger partial charge < -0.3 is 10.0 Å². The van der Waals surface area contributed by atoms with Crippen molar-refractivity contribution in [3.63, 3.8) is 0 Å². The smallest absolute Gasteiger partial charge is 0.407 e. The van der Waals surface area contributed by atoms with Crippen molar-refractivity contribution < 1.29 is 9.90 Å². The fourth-order valence-electron chi connectivity index (χ4n) is 2.53. The van der Waals surface area contributed by atoms with Crippen molar-refractivity contribution in [1.29, 1.82) is 0 Å². The Balaban J connectivity index is 1.71. The van der Waals surface area contributed by atoms with Gasteiger partial charge in [-0.25, -0.2) is 9.78 Å². The van der Waals surface area contributed by atoms with E-state index in [1.807, 2.05) is 31.5 Å². The lowest BCUT2D eigenvalue weighted by Crippen LogP contribution is -2.36. The number of rotatable bonds is 2. The minimum absolute atomic E-state index is 0.366. The van der Waals surface area contributed by atoms with Crippen molar-refractivity contribution in [3.8, 4) is 10.6 Å². The van der Waals surface area contributed by atoms with E-state index in [9.17, 15) is 4.79 Å². The zero-order valence-corrected chi connectivity index (χ0v) is 12.6. The molecule has 1 saturated heterocycles. The fourth-order valence-corrected chi connectivity index (χ4v) is 3.59. The van der Waals surface area contributed by atoms with Gasteiger partial charge in [-0.1, -0.05) is 6.07 Å². The molecule has 0 unspecified atom stereocenters. The maximum atomic E-state index is 10.9. The molecule has 1 aliphatic heterocycles. The van der Waals surface area contributed by atoms with E-state index >= 15 is 0 Å². The minimum atomic E-state index is -0.822. The van der Waals surface area contributed by atoms with Crippen LogP contribution in [0.2, 0.25) is 0 Å². The zero-order valence-electron chi connectivity index (χ0n) is 11.8. The minimum Gasteiger partial charge on any atom is -0.465 e. The van der Waals surface area contributed by atoms with Gasteiger partial charge in [-0.2, -0.15) is 0 Å². The number of amides is 1. The molecule has 1 aliphatic rings. The molecule has 0 saturated carbocycles. The molecule has 110 valence electrons. The lowest BCUT2D eigenvalue weighted by atomic mass is 9.98. The average Bonchev–Trinajstić information content (AvgIpc) is 2.98. The summed E-state index contributed by atoms with van der Waals surface area (Å²) in [7, 11) is 0. The number of hydrogen-bond acceptors (Lipinski definition) is 4. The molecule has 0 atom stereocenters. The molecule has 0 aromatic carbocycles. The Bertz CT molecular complexity index is 631. The maximum absolute atomic E-state index is 10.9. The lowest BCUT2D eigenvalue weighted by molar-refractivity contribution is 0.132. The van der Waals surface area contributed by atoms with Crippen molar-refractivity contribution in [1.82, 2.24) is 14.9 Å². The first-order chi connectivity index (χ1) is 10.1. The van der Waals surface area contributed by atoms with Crippen LogP contribution in [-0.2, 0) is 0 Å². The first kappa shape index (κ1) is 14.0. The van der Waals surface area contributed by atoms with Gasteiger partial charge in [0.2, 0.25) is 0 Å². The van der Waals surface area contributed by atoms with Gasteiger partial charge in [-0.05, 0) is 31.4 Å². The SMILES string of the molecule is Cc1ccc(-c2cnc(C3CCN(C(=O)O)CC3)s2)nc1. The molecule has 0 radical (unpaired) electrons. The Labute approximate surface area is 127 Å². The van der Waals surface area contributed by atoms with Crippen LogP contribution in [0.4, 0.5) is 4.79 Å². The summed E-state index contributed by atoms with van der Waals surface area (Å²) in [6, 6.07) is 4.06. The molecule has 1 N–H and O–H groups in total. The van der Waals surface area contributed by atoms with Crippen molar-refractivity contribution in [2.45, 2.75) is 25.7 Å². The van der Waals surface area contributed by atoms with Gasteiger partial charge in [0.15, 0.2) is 0 Å². The van der Waals surface area contributed by atoms with Gasteiger partial charge in [0.1, 0.15) is 0 Å². The maximum Gasteiger partial charge on any atom is 0.407 e. The molecule has 1 amide bonds. The second-order valence-electron chi connectivity index (χ2n) is 5.33. The summed E-state index contributed by atoms with van der Waals surface area (Å²) in [4.78, 5) is 22.4. The molecule has 0 spiro atoms. The molecule has 2 aromatic rings. The van der Waals surface area contributed by atoms with E-state index in [-0.39, 0.29) is 0 Å². The molecule has 6 heteroatoms. The van der Waals surface area contributed by atoms with Gasteiger partial charge in [0.05, 0.1) is 15.6 Å². The van der Waals surface area contributed by atoms with Crippen molar-refractivity contribution in [2.75, 3.05) is 13.1 Å². The van der Waals surface area contributed by atoms with E-state index in [4.69, 9.17) is 5.11 Å². The van der Waals surface area contributed by atoms with Crippen LogP contribution >= 0.6 is 11.3 Å². The first-order valence-corrected chi connectivity index (χ1v) is 7.82. The van der Waals surface area contributed by atoms with Gasteiger partial charge in [0, 0.05) is 31.4 Å². The highest BCUT2D eigenvalue weighted by Crippen LogP contribution is 2.34. The van der Waals surface area contributed by atoms with Crippen LogP contribution in [0.3, 0.4) is 0 Å². The monoisotopic (exact) mass is 303 g/mol. The highest BCUT2D eigenvalue weighted by molar-refractivity contribution is 7.15. The largest absolute Gasteiger partial charge is 0.465 e. The second kappa shape index (κ2) is 5.81. The molecule has 3 heterocycles. The Morgan fingerprint density at radius 2 is 2.05 bits per heavy atom. The first-order valence-electron chi connectivity index (χ1n) is 7.00. The summed E-state index contributed by atoms with van der Waals surface area (Å²) in [6.07, 6.45) is 4.61. The van der Waals surface area contributed by atoms with E-state index in [0.29, 0.717) is 19.0 Å². The van der Waals surface area contributed by atoms with Crippen LogP contribution in [-0.4, -0.2) is 39.2 Å². The molecule has 5 nitrogen and oxygen atoms in total. The summed E-state index contributed by atoms with van der Waals surface area (Å²) >= 11 is 1.67. The number of hydrogen-bond donors (Lipinski definition) is 1. The molecule has 3 rings (SSSR count). The predicted molar refractivity (Wildman–Crippen MR) is 81.7 cm³/mol. The van der Waals surface area contributed by atoms with Gasteiger partial charge in [-0.3, -0.25) is 4.98 Å². The van der Waals surface area contributed by atoms with Crippen LogP contribution in [0, 0.1) is 6.92 Å². The van der Waals surface area contributed by atoms with Crippen molar-refractivity contribution >= 4 is 17.4 Å². The Kier molecular flexibility index (Phi) is 3.88. The number of piperidine rings is 1. The zero-order chi connectivity index (χ0) is 14.8. The standard InChI is InChI=1S/C15H17N3O2S/c1-10-2-3-12(16-8-10)13-9-17-14(21-13)11-4-6-18(7-5-11)15(19)20/h2-3,8-9,11H,4-7H2,1H3,(H,19,20). The molecule has 2 aromatic heterocycles. The van der Waals surface area contributed by atoms with Gasteiger partial charge >= 0.3 is 6.09 Å². The Hall–Kier alpha value is -1.95. The van der Waals surface area contributed by atoms with Crippen molar-refractivity contribution in [3.05, 3.63) is 35.1 Å². The third-order valence-electron chi connectivity index (χ3n) is 3.80. The molecule has 21 heavy (non-hydrogen) atoms. The highest BCUT2D eigenvalue weighted by atomic mass is 32.1.